The van der Waals surface area contributed by atoms with Gasteiger partial charge in [0.15, 0.2) is 0 Å². The SMILES string of the molecule is CCCCC(C)NC(C)c1sc(C(C)(C)C)nc1C. The quantitative estimate of drug-likeness (QED) is 0.796. The molecule has 0 radical (unpaired) electrons. The van der Waals surface area contributed by atoms with Gasteiger partial charge in [-0.15, -0.1) is 11.3 Å². The van der Waals surface area contributed by atoms with Crippen molar-refractivity contribution in [3.8, 4) is 0 Å². The van der Waals surface area contributed by atoms with Crippen LogP contribution in [0.25, 0.3) is 0 Å². The molecule has 0 aliphatic rings. The third kappa shape index (κ3) is 4.88. The molecule has 2 atom stereocenters. The van der Waals surface area contributed by atoms with E-state index in [1.54, 1.807) is 0 Å². The van der Waals surface area contributed by atoms with E-state index in [9.17, 15) is 0 Å². The van der Waals surface area contributed by atoms with Gasteiger partial charge in [0.25, 0.3) is 0 Å². The summed E-state index contributed by atoms with van der Waals surface area (Å²) in [6.07, 6.45) is 3.83. The molecule has 0 fully saturated rings. The van der Waals surface area contributed by atoms with E-state index < -0.39 is 0 Å². The van der Waals surface area contributed by atoms with E-state index in [2.05, 4.69) is 53.8 Å². The molecule has 1 rings (SSSR count). The van der Waals surface area contributed by atoms with Crippen LogP contribution in [0.4, 0.5) is 0 Å². The molecule has 0 saturated carbocycles. The molecule has 1 aromatic rings. The Morgan fingerprint density at radius 2 is 1.89 bits per heavy atom. The van der Waals surface area contributed by atoms with Crippen LogP contribution in [0.3, 0.4) is 0 Å². The summed E-state index contributed by atoms with van der Waals surface area (Å²) in [7, 11) is 0. The first-order chi connectivity index (χ1) is 8.75. The second-order valence-corrected chi connectivity index (χ2v) is 7.68. The van der Waals surface area contributed by atoms with Gasteiger partial charge < -0.3 is 5.32 Å². The maximum Gasteiger partial charge on any atom is 0.0985 e. The van der Waals surface area contributed by atoms with E-state index in [0.29, 0.717) is 12.1 Å². The van der Waals surface area contributed by atoms with Crippen molar-refractivity contribution in [3.63, 3.8) is 0 Å². The summed E-state index contributed by atoms with van der Waals surface area (Å²) in [4.78, 5) is 6.15. The monoisotopic (exact) mass is 282 g/mol. The fourth-order valence-corrected chi connectivity index (χ4v) is 3.36. The Morgan fingerprint density at radius 1 is 1.26 bits per heavy atom. The number of aromatic nitrogens is 1. The van der Waals surface area contributed by atoms with E-state index in [0.717, 1.165) is 0 Å². The smallest absolute Gasteiger partial charge is 0.0985 e. The Kier molecular flexibility index (Phi) is 6.00. The van der Waals surface area contributed by atoms with Crippen LogP contribution in [0.1, 0.15) is 82.4 Å². The molecule has 1 heterocycles. The van der Waals surface area contributed by atoms with Gasteiger partial charge in [0.2, 0.25) is 0 Å². The Balaban J connectivity index is 2.72. The van der Waals surface area contributed by atoms with E-state index in [1.165, 1.54) is 34.8 Å². The zero-order valence-electron chi connectivity index (χ0n) is 13.6. The zero-order valence-corrected chi connectivity index (χ0v) is 14.4. The third-order valence-electron chi connectivity index (χ3n) is 3.39. The van der Waals surface area contributed by atoms with Gasteiger partial charge >= 0.3 is 0 Å². The van der Waals surface area contributed by atoms with Crippen LogP contribution in [0.15, 0.2) is 0 Å². The molecule has 2 unspecified atom stereocenters. The lowest BCUT2D eigenvalue weighted by Crippen LogP contribution is -2.28. The summed E-state index contributed by atoms with van der Waals surface area (Å²) in [5, 5.41) is 4.95. The van der Waals surface area contributed by atoms with Crippen molar-refractivity contribution in [2.75, 3.05) is 0 Å². The van der Waals surface area contributed by atoms with Crippen molar-refractivity contribution in [2.45, 2.75) is 85.2 Å². The highest BCUT2D eigenvalue weighted by Gasteiger charge is 2.22. The molecule has 0 aromatic carbocycles. The lowest BCUT2D eigenvalue weighted by molar-refractivity contribution is 0.447. The topological polar surface area (TPSA) is 24.9 Å². The van der Waals surface area contributed by atoms with Crippen molar-refractivity contribution < 1.29 is 0 Å². The van der Waals surface area contributed by atoms with Gasteiger partial charge in [-0.2, -0.15) is 0 Å². The molecule has 0 saturated heterocycles. The molecule has 0 bridgehead atoms. The van der Waals surface area contributed by atoms with Gasteiger partial charge in [-0.1, -0.05) is 40.5 Å². The molecule has 110 valence electrons. The minimum atomic E-state index is 0.154. The Hall–Kier alpha value is -0.410. The molecule has 1 N–H and O–H groups in total. The van der Waals surface area contributed by atoms with Crippen LogP contribution in [0, 0.1) is 6.92 Å². The number of aryl methyl sites for hydroxylation is 1. The summed E-state index contributed by atoms with van der Waals surface area (Å²) in [5.74, 6) is 0. The number of thiazole rings is 1. The molecular weight excluding hydrogens is 252 g/mol. The molecule has 19 heavy (non-hydrogen) atoms. The van der Waals surface area contributed by atoms with Crippen LogP contribution >= 0.6 is 11.3 Å². The van der Waals surface area contributed by atoms with Gasteiger partial charge in [-0.25, -0.2) is 4.98 Å². The van der Waals surface area contributed by atoms with Crippen LogP contribution in [0.5, 0.6) is 0 Å². The van der Waals surface area contributed by atoms with Gasteiger partial charge in [-0.05, 0) is 27.2 Å². The molecule has 0 spiro atoms. The number of rotatable bonds is 6. The maximum atomic E-state index is 4.75. The molecule has 1 aromatic heterocycles. The van der Waals surface area contributed by atoms with E-state index in [4.69, 9.17) is 4.98 Å². The fourth-order valence-electron chi connectivity index (χ4n) is 2.23. The Labute approximate surface area is 123 Å². The van der Waals surface area contributed by atoms with Crippen molar-refractivity contribution in [1.82, 2.24) is 10.3 Å². The lowest BCUT2D eigenvalue weighted by Gasteiger charge is -2.19. The van der Waals surface area contributed by atoms with Crippen molar-refractivity contribution in [3.05, 3.63) is 15.6 Å². The largest absolute Gasteiger partial charge is 0.307 e. The minimum absolute atomic E-state index is 0.154. The highest BCUT2D eigenvalue weighted by Crippen LogP contribution is 2.32. The standard InChI is InChI=1S/C16H30N2S/c1-8-9-10-11(2)17-12(3)14-13(4)18-15(19-14)16(5,6)7/h11-12,17H,8-10H2,1-7H3. The molecule has 0 aliphatic carbocycles. The molecule has 0 aliphatic heterocycles. The highest BCUT2D eigenvalue weighted by molar-refractivity contribution is 7.12. The molecule has 0 amide bonds. The van der Waals surface area contributed by atoms with Gasteiger partial charge in [0.05, 0.1) is 10.7 Å². The molecule has 3 heteroatoms. The molecule has 2 nitrogen and oxygen atoms in total. The lowest BCUT2D eigenvalue weighted by atomic mass is 9.98. The molecular formula is C16H30N2S. The number of hydrogen-bond acceptors (Lipinski definition) is 3. The van der Waals surface area contributed by atoms with Gasteiger partial charge in [-0.3, -0.25) is 0 Å². The van der Waals surface area contributed by atoms with Crippen molar-refractivity contribution in [1.29, 1.82) is 0 Å². The Morgan fingerprint density at radius 3 is 2.37 bits per heavy atom. The predicted octanol–water partition coefficient (Wildman–Crippen LogP) is 4.98. The average Bonchev–Trinajstić information content (AvgIpc) is 2.68. The van der Waals surface area contributed by atoms with Crippen LogP contribution < -0.4 is 5.32 Å². The number of hydrogen-bond donors (Lipinski definition) is 1. The second kappa shape index (κ2) is 6.85. The van der Waals surface area contributed by atoms with Crippen LogP contribution in [-0.2, 0) is 5.41 Å². The predicted molar refractivity (Wildman–Crippen MR) is 86.1 cm³/mol. The zero-order chi connectivity index (χ0) is 14.6. The first-order valence-electron chi connectivity index (χ1n) is 7.49. The normalized spacial score (nSPS) is 15.5. The highest BCUT2D eigenvalue weighted by atomic mass is 32.1. The third-order valence-corrected chi connectivity index (χ3v) is 5.16. The first kappa shape index (κ1) is 16.6. The maximum absolute atomic E-state index is 4.75. The average molecular weight is 282 g/mol. The van der Waals surface area contributed by atoms with E-state index >= 15 is 0 Å². The van der Waals surface area contributed by atoms with Crippen LogP contribution in [-0.4, -0.2) is 11.0 Å². The van der Waals surface area contributed by atoms with E-state index in [1.807, 2.05) is 11.3 Å². The second-order valence-electron chi connectivity index (χ2n) is 6.65. The number of unbranched alkanes of at least 4 members (excludes halogenated alkanes) is 1. The minimum Gasteiger partial charge on any atom is -0.307 e. The van der Waals surface area contributed by atoms with E-state index in [-0.39, 0.29) is 5.41 Å². The van der Waals surface area contributed by atoms with Crippen LogP contribution in [0.2, 0.25) is 0 Å². The fraction of sp³-hybridized carbons (Fsp3) is 0.812. The van der Waals surface area contributed by atoms with Gasteiger partial charge in [0, 0.05) is 22.4 Å². The summed E-state index contributed by atoms with van der Waals surface area (Å²) >= 11 is 1.87. The van der Waals surface area contributed by atoms with Gasteiger partial charge in [0.1, 0.15) is 0 Å². The van der Waals surface area contributed by atoms with Crippen molar-refractivity contribution >= 4 is 11.3 Å². The number of nitrogens with zero attached hydrogens (tertiary/aromatic N) is 1. The Bertz CT molecular complexity index is 390. The first-order valence-corrected chi connectivity index (χ1v) is 8.31. The number of nitrogens with one attached hydrogen (secondary N) is 1. The van der Waals surface area contributed by atoms with Crippen molar-refractivity contribution in [2.24, 2.45) is 0 Å². The summed E-state index contributed by atoms with van der Waals surface area (Å²) in [6, 6.07) is 0.981. The summed E-state index contributed by atoms with van der Waals surface area (Å²) in [5.41, 5.74) is 1.35. The summed E-state index contributed by atoms with van der Waals surface area (Å²) < 4.78 is 0. The summed E-state index contributed by atoms with van der Waals surface area (Å²) in [6.45, 7) is 15.6.